The monoisotopic (exact) mass is 294 g/mol. The molecule has 0 aliphatic carbocycles. The second kappa shape index (κ2) is 5.98. The maximum Gasteiger partial charge on any atom is 0.256 e. The molecule has 2 aromatic rings. The van der Waals surface area contributed by atoms with Gasteiger partial charge >= 0.3 is 0 Å². The van der Waals surface area contributed by atoms with Crippen molar-refractivity contribution >= 4 is 18.3 Å². The highest BCUT2D eigenvalue weighted by Crippen LogP contribution is 2.18. The van der Waals surface area contributed by atoms with Gasteiger partial charge in [-0.25, -0.2) is 0 Å². The van der Waals surface area contributed by atoms with E-state index in [0.29, 0.717) is 24.3 Å². The van der Waals surface area contributed by atoms with Crippen LogP contribution in [0.5, 0.6) is 0 Å². The lowest BCUT2D eigenvalue weighted by atomic mass is 10.1. The van der Waals surface area contributed by atoms with E-state index in [0.717, 1.165) is 6.42 Å². The molecule has 0 radical (unpaired) electrons. The number of hydrogen-bond donors (Lipinski definition) is 1. The van der Waals surface area contributed by atoms with Gasteiger partial charge in [-0.15, -0.1) is 17.5 Å². The van der Waals surface area contributed by atoms with Gasteiger partial charge in [0.05, 0.1) is 11.3 Å². The third kappa shape index (κ3) is 2.63. The summed E-state index contributed by atoms with van der Waals surface area (Å²) < 4.78 is 1.49. The van der Waals surface area contributed by atoms with Gasteiger partial charge < -0.3 is 10.6 Å². The first kappa shape index (κ1) is 14.4. The van der Waals surface area contributed by atoms with Crippen LogP contribution < -0.4 is 5.73 Å². The predicted molar refractivity (Wildman–Crippen MR) is 74.9 cm³/mol. The molecule has 3 rings (SSSR count). The van der Waals surface area contributed by atoms with E-state index in [4.69, 9.17) is 5.73 Å². The minimum absolute atomic E-state index is 0. The number of carbonyl (C=O) groups is 1. The summed E-state index contributed by atoms with van der Waals surface area (Å²) in [5.41, 5.74) is 7.11. The Hall–Kier alpha value is -1.99. The molecule has 0 saturated carbocycles. The molecule has 0 unspecified atom stereocenters. The second-order valence-electron chi connectivity index (χ2n) is 4.57. The van der Waals surface area contributed by atoms with Crippen molar-refractivity contribution in [2.75, 3.05) is 13.1 Å². The Kier molecular flexibility index (Phi) is 4.31. The lowest BCUT2D eigenvalue weighted by molar-refractivity contribution is 0.0790. The smallest absolute Gasteiger partial charge is 0.256 e. The average Bonchev–Trinajstić information content (AvgIpc) is 3.09. The Morgan fingerprint density at radius 1 is 1.35 bits per heavy atom. The number of para-hydroxylation sites is 1. The van der Waals surface area contributed by atoms with Gasteiger partial charge in [-0.1, -0.05) is 12.1 Å². The summed E-state index contributed by atoms with van der Waals surface area (Å²) in [6.07, 6.45) is 2.32. The van der Waals surface area contributed by atoms with E-state index in [1.54, 1.807) is 11.0 Å². The molecule has 7 nitrogen and oxygen atoms in total. The zero-order valence-electron chi connectivity index (χ0n) is 10.7. The zero-order chi connectivity index (χ0) is 13.2. The van der Waals surface area contributed by atoms with Gasteiger partial charge in [0.1, 0.15) is 6.33 Å². The molecule has 1 aliphatic heterocycles. The van der Waals surface area contributed by atoms with Crippen molar-refractivity contribution in [1.29, 1.82) is 0 Å². The topological polar surface area (TPSA) is 89.9 Å². The van der Waals surface area contributed by atoms with Crippen LogP contribution in [0, 0.1) is 0 Å². The van der Waals surface area contributed by atoms with Crippen LogP contribution >= 0.6 is 12.4 Å². The molecule has 20 heavy (non-hydrogen) atoms. The van der Waals surface area contributed by atoms with E-state index in [2.05, 4.69) is 15.5 Å². The molecule has 2 N–H and O–H groups in total. The molecule has 106 valence electrons. The Morgan fingerprint density at radius 3 is 2.80 bits per heavy atom. The van der Waals surface area contributed by atoms with Gasteiger partial charge in [0.25, 0.3) is 5.91 Å². The number of halogens is 1. The van der Waals surface area contributed by atoms with Crippen LogP contribution in [-0.4, -0.2) is 50.1 Å². The average molecular weight is 295 g/mol. The minimum Gasteiger partial charge on any atom is -0.337 e. The highest BCUT2D eigenvalue weighted by Gasteiger charge is 2.26. The normalized spacial score (nSPS) is 17.9. The first-order valence-corrected chi connectivity index (χ1v) is 6.13. The Morgan fingerprint density at radius 2 is 2.15 bits per heavy atom. The second-order valence-corrected chi connectivity index (χ2v) is 4.57. The first-order valence-electron chi connectivity index (χ1n) is 6.13. The fraction of sp³-hybridized carbons (Fsp3) is 0.333. The Labute approximate surface area is 122 Å². The molecule has 1 aliphatic rings. The molecule has 1 amide bonds. The number of tetrazole rings is 1. The lowest BCUT2D eigenvalue weighted by Gasteiger charge is -2.17. The van der Waals surface area contributed by atoms with E-state index >= 15 is 0 Å². The van der Waals surface area contributed by atoms with Gasteiger partial charge in [0.2, 0.25) is 0 Å². The van der Waals surface area contributed by atoms with Crippen molar-refractivity contribution < 1.29 is 4.79 Å². The van der Waals surface area contributed by atoms with Crippen LogP contribution in [-0.2, 0) is 0 Å². The minimum atomic E-state index is -0.0287. The van der Waals surface area contributed by atoms with Gasteiger partial charge in [0.15, 0.2) is 0 Å². The number of carbonyl (C=O) groups excluding carboxylic acids is 1. The summed E-state index contributed by atoms with van der Waals surface area (Å²) >= 11 is 0. The van der Waals surface area contributed by atoms with Gasteiger partial charge in [-0.05, 0) is 29.0 Å². The summed E-state index contributed by atoms with van der Waals surface area (Å²) in [5.74, 6) is -0.0287. The Bertz CT molecular complexity index is 587. The summed E-state index contributed by atoms with van der Waals surface area (Å²) in [6, 6.07) is 7.35. The van der Waals surface area contributed by atoms with Crippen LogP contribution in [0.4, 0.5) is 0 Å². The molecule has 1 aromatic heterocycles. The van der Waals surface area contributed by atoms with Crippen LogP contribution in [0.2, 0.25) is 0 Å². The number of amides is 1. The summed E-state index contributed by atoms with van der Waals surface area (Å²) in [6.45, 7) is 1.30. The summed E-state index contributed by atoms with van der Waals surface area (Å²) in [7, 11) is 0. The molecule has 2 heterocycles. The fourth-order valence-electron chi connectivity index (χ4n) is 2.27. The number of nitrogens with two attached hydrogens (primary N) is 1. The first-order chi connectivity index (χ1) is 9.25. The standard InChI is InChI=1S/C12H14N6O.ClH/c13-9-5-6-17(7-9)12(19)10-3-1-2-4-11(10)18-8-14-15-16-18;/h1-4,8-9H,5-7,13H2;1H/t9-;/m1./s1. The van der Waals surface area contributed by atoms with Crippen molar-refractivity contribution in [1.82, 2.24) is 25.1 Å². The lowest BCUT2D eigenvalue weighted by Crippen LogP contribution is -2.32. The van der Waals surface area contributed by atoms with Crippen LogP contribution in [0.1, 0.15) is 16.8 Å². The third-order valence-corrected chi connectivity index (χ3v) is 3.24. The molecule has 1 aromatic carbocycles. The van der Waals surface area contributed by atoms with Crippen molar-refractivity contribution in [3.05, 3.63) is 36.2 Å². The van der Waals surface area contributed by atoms with Gasteiger partial charge in [0, 0.05) is 19.1 Å². The highest BCUT2D eigenvalue weighted by atomic mass is 35.5. The van der Waals surface area contributed by atoms with Crippen LogP contribution in [0.15, 0.2) is 30.6 Å². The maximum atomic E-state index is 12.5. The molecule has 8 heteroatoms. The number of benzene rings is 1. The molecular formula is C12H15ClN6O. The van der Waals surface area contributed by atoms with Crippen LogP contribution in [0.3, 0.4) is 0 Å². The third-order valence-electron chi connectivity index (χ3n) is 3.24. The van der Waals surface area contributed by atoms with Gasteiger partial charge in [-0.2, -0.15) is 4.68 Å². The quantitative estimate of drug-likeness (QED) is 0.858. The zero-order valence-corrected chi connectivity index (χ0v) is 11.5. The fourth-order valence-corrected chi connectivity index (χ4v) is 2.27. The van der Waals surface area contributed by atoms with E-state index < -0.39 is 0 Å². The molecule has 0 bridgehead atoms. The number of nitrogens with zero attached hydrogens (tertiary/aromatic N) is 5. The molecule has 0 spiro atoms. The molecular weight excluding hydrogens is 280 g/mol. The highest BCUT2D eigenvalue weighted by molar-refractivity contribution is 5.97. The van der Waals surface area contributed by atoms with Crippen molar-refractivity contribution in [3.8, 4) is 5.69 Å². The summed E-state index contributed by atoms with van der Waals surface area (Å²) in [4.78, 5) is 14.3. The maximum absolute atomic E-state index is 12.5. The summed E-state index contributed by atoms with van der Waals surface area (Å²) in [5, 5.41) is 11.0. The van der Waals surface area contributed by atoms with Crippen molar-refractivity contribution in [3.63, 3.8) is 0 Å². The number of hydrogen-bond acceptors (Lipinski definition) is 5. The van der Waals surface area contributed by atoms with Crippen molar-refractivity contribution in [2.45, 2.75) is 12.5 Å². The SMILES string of the molecule is Cl.N[C@@H]1CCN(C(=O)c2ccccc2-n2cnnn2)C1. The molecule has 1 atom stereocenters. The van der Waals surface area contributed by atoms with Crippen molar-refractivity contribution in [2.24, 2.45) is 5.73 Å². The largest absolute Gasteiger partial charge is 0.337 e. The van der Waals surface area contributed by atoms with E-state index in [1.165, 1.54) is 11.0 Å². The Balaban J connectivity index is 0.00000147. The number of rotatable bonds is 2. The van der Waals surface area contributed by atoms with E-state index in [9.17, 15) is 4.79 Å². The van der Waals surface area contributed by atoms with Crippen LogP contribution in [0.25, 0.3) is 5.69 Å². The molecule has 1 fully saturated rings. The van der Waals surface area contributed by atoms with E-state index in [1.807, 2.05) is 18.2 Å². The number of likely N-dealkylation sites (tertiary alicyclic amines) is 1. The van der Waals surface area contributed by atoms with Gasteiger partial charge in [-0.3, -0.25) is 4.79 Å². The molecule has 1 saturated heterocycles. The predicted octanol–water partition coefficient (Wildman–Crippen LogP) is 0.257. The van der Waals surface area contributed by atoms with E-state index in [-0.39, 0.29) is 24.4 Å². The number of aromatic nitrogens is 4.